The fourth-order valence-corrected chi connectivity index (χ4v) is 1.76. The Morgan fingerprint density at radius 1 is 1.07 bits per heavy atom. The summed E-state index contributed by atoms with van der Waals surface area (Å²) in [5.41, 5.74) is 1.76. The van der Waals surface area contributed by atoms with Crippen LogP contribution in [-0.4, -0.2) is 15.0 Å². The number of nitrogens with zero attached hydrogens (tertiary/aromatic N) is 3. The molecule has 0 atom stereocenters. The van der Waals surface area contributed by atoms with Crippen molar-refractivity contribution in [2.24, 2.45) is 0 Å². The summed E-state index contributed by atoms with van der Waals surface area (Å²) in [4.78, 5) is 12.4. The van der Waals surface area contributed by atoms with E-state index in [9.17, 15) is 0 Å². The van der Waals surface area contributed by atoms with Crippen LogP contribution in [0.5, 0.6) is 0 Å². The van der Waals surface area contributed by atoms with Crippen LogP contribution in [0.25, 0.3) is 21.8 Å². The molecule has 0 radical (unpaired) electrons. The SMILES string of the molecule is Clc1ncc2ccc3ncccc3c2n1. The van der Waals surface area contributed by atoms with Crippen LogP contribution in [0.2, 0.25) is 5.28 Å². The summed E-state index contributed by atoms with van der Waals surface area (Å²) >= 11 is 5.78. The summed E-state index contributed by atoms with van der Waals surface area (Å²) in [7, 11) is 0. The zero-order chi connectivity index (χ0) is 10.3. The molecule has 0 aliphatic heterocycles. The molecule has 2 aromatic heterocycles. The van der Waals surface area contributed by atoms with Crippen LogP contribution < -0.4 is 0 Å². The van der Waals surface area contributed by atoms with Gasteiger partial charge in [0.1, 0.15) is 0 Å². The highest BCUT2D eigenvalue weighted by molar-refractivity contribution is 6.28. The zero-order valence-corrected chi connectivity index (χ0v) is 8.44. The first-order valence-corrected chi connectivity index (χ1v) is 4.88. The van der Waals surface area contributed by atoms with Crippen LogP contribution in [-0.2, 0) is 0 Å². The summed E-state index contributed by atoms with van der Waals surface area (Å²) < 4.78 is 0. The molecule has 0 aliphatic carbocycles. The van der Waals surface area contributed by atoms with Crippen LogP contribution in [0, 0.1) is 0 Å². The standard InChI is InChI=1S/C11H6ClN3/c12-11-14-6-7-3-4-9-8(10(7)15-11)2-1-5-13-9/h1-6H. The van der Waals surface area contributed by atoms with E-state index in [1.165, 1.54) is 0 Å². The maximum Gasteiger partial charge on any atom is 0.222 e. The van der Waals surface area contributed by atoms with Crippen LogP contribution in [0.1, 0.15) is 0 Å². The van der Waals surface area contributed by atoms with Crippen molar-refractivity contribution in [1.29, 1.82) is 0 Å². The summed E-state index contributed by atoms with van der Waals surface area (Å²) in [6.45, 7) is 0. The summed E-state index contributed by atoms with van der Waals surface area (Å²) in [6.07, 6.45) is 3.48. The molecule has 0 saturated carbocycles. The molecule has 0 fully saturated rings. The Labute approximate surface area is 90.8 Å². The predicted molar refractivity (Wildman–Crippen MR) is 59.8 cm³/mol. The van der Waals surface area contributed by atoms with Crippen LogP contribution >= 0.6 is 11.6 Å². The van der Waals surface area contributed by atoms with Crippen LogP contribution in [0.4, 0.5) is 0 Å². The molecule has 4 heteroatoms. The highest BCUT2D eigenvalue weighted by atomic mass is 35.5. The first kappa shape index (κ1) is 8.56. The van der Waals surface area contributed by atoms with Gasteiger partial charge in [-0.05, 0) is 35.9 Å². The quantitative estimate of drug-likeness (QED) is 0.428. The Bertz CT molecular complexity index is 651. The van der Waals surface area contributed by atoms with Gasteiger partial charge in [-0.1, -0.05) is 0 Å². The number of benzene rings is 1. The van der Waals surface area contributed by atoms with Crippen LogP contribution in [0.3, 0.4) is 0 Å². The molecule has 0 bridgehead atoms. The monoisotopic (exact) mass is 215 g/mol. The third kappa shape index (κ3) is 1.32. The second kappa shape index (κ2) is 3.14. The van der Waals surface area contributed by atoms with Gasteiger partial charge in [0.15, 0.2) is 0 Å². The molecule has 3 rings (SSSR count). The van der Waals surface area contributed by atoms with Gasteiger partial charge in [-0.3, -0.25) is 4.98 Å². The number of rotatable bonds is 0. The fraction of sp³-hybridized carbons (Fsp3) is 0. The molecule has 0 saturated heterocycles. The van der Waals surface area contributed by atoms with E-state index in [0.717, 1.165) is 21.8 Å². The van der Waals surface area contributed by atoms with Gasteiger partial charge in [-0.15, -0.1) is 0 Å². The summed E-state index contributed by atoms with van der Waals surface area (Å²) in [5, 5.41) is 2.23. The Morgan fingerprint density at radius 2 is 2.00 bits per heavy atom. The zero-order valence-electron chi connectivity index (χ0n) is 7.68. The molecule has 3 aromatic rings. The maximum atomic E-state index is 5.78. The minimum Gasteiger partial charge on any atom is -0.256 e. The Hall–Kier alpha value is -1.74. The van der Waals surface area contributed by atoms with Gasteiger partial charge in [0.25, 0.3) is 0 Å². The van der Waals surface area contributed by atoms with Crippen molar-refractivity contribution in [3.8, 4) is 0 Å². The summed E-state index contributed by atoms with van der Waals surface area (Å²) in [6, 6.07) is 7.77. The van der Waals surface area contributed by atoms with E-state index >= 15 is 0 Å². The van der Waals surface area contributed by atoms with Crippen molar-refractivity contribution in [3.05, 3.63) is 41.9 Å². The van der Waals surface area contributed by atoms with Gasteiger partial charge in [0.2, 0.25) is 5.28 Å². The Kier molecular flexibility index (Phi) is 1.79. The highest BCUT2D eigenvalue weighted by Crippen LogP contribution is 2.22. The molecule has 0 aliphatic rings. The van der Waals surface area contributed by atoms with Gasteiger partial charge in [0.05, 0.1) is 11.0 Å². The van der Waals surface area contributed by atoms with Crippen molar-refractivity contribution < 1.29 is 0 Å². The topological polar surface area (TPSA) is 38.7 Å². The largest absolute Gasteiger partial charge is 0.256 e. The van der Waals surface area contributed by atoms with Crippen LogP contribution in [0.15, 0.2) is 36.7 Å². The van der Waals surface area contributed by atoms with E-state index in [4.69, 9.17) is 11.6 Å². The number of aromatic nitrogens is 3. The lowest BCUT2D eigenvalue weighted by Gasteiger charge is -2.01. The second-order valence-corrected chi connectivity index (χ2v) is 3.55. The van der Waals surface area contributed by atoms with E-state index in [2.05, 4.69) is 15.0 Å². The molecule has 0 amide bonds. The van der Waals surface area contributed by atoms with Gasteiger partial charge in [0, 0.05) is 23.2 Å². The van der Waals surface area contributed by atoms with Crippen molar-refractivity contribution in [1.82, 2.24) is 15.0 Å². The number of pyridine rings is 1. The van der Waals surface area contributed by atoms with Crippen molar-refractivity contribution >= 4 is 33.4 Å². The Balaban J connectivity index is 2.57. The minimum atomic E-state index is 0.263. The Morgan fingerprint density at radius 3 is 2.93 bits per heavy atom. The average Bonchev–Trinajstić information content (AvgIpc) is 2.29. The lowest BCUT2D eigenvalue weighted by molar-refractivity contribution is 1.23. The number of hydrogen-bond donors (Lipinski definition) is 0. The third-order valence-corrected chi connectivity index (χ3v) is 2.48. The van der Waals surface area contributed by atoms with Crippen molar-refractivity contribution in [2.45, 2.75) is 0 Å². The lowest BCUT2D eigenvalue weighted by Crippen LogP contribution is -1.86. The highest BCUT2D eigenvalue weighted by Gasteiger charge is 2.03. The fourth-order valence-electron chi connectivity index (χ4n) is 1.63. The molecule has 0 spiro atoms. The predicted octanol–water partition coefficient (Wildman–Crippen LogP) is 2.83. The van der Waals surface area contributed by atoms with Gasteiger partial charge in [-0.25, -0.2) is 9.97 Å². The number of fused-ring (bicyclic) bond motifs is 3. The first-order chi connectivity index (χ1) is 7.34. The second-order valence-electron chi connectivity index (χ2n) is 3.21. The lowest BCUT2D eigenvalue weighted by atomic mass is 10.1. The maximum absolute atomic E-state index is 5.78. The minimum absolute atomic E-state index is 0.263. The molecular formula is C11H6ClN3. The van der Waals surface area contributed by atoms with E-state index in [1.54, 1.807) is 12.4 Å². The van der Waals surface area contributed by atoms with E-state index in [0.29, 0.717) is 0 Å². The smallest absolute Gasteiger partial charge is 0.222 e. The molecule has 0 unspecified atom stereocenters. The van der Waals surface area contributed by atoms with E-state index < -0.39 is 0 Å². The molecule has 1 aromatic carbocycles. The molecule has 2 heterocycles. The van der Waals surface area contributed by atoms with Crippen molar-refractivity contribution in [3.63, 3.8) is 0 Å². The molecule has 15 heavy (non-hydrogen) atoms. The van der Waals surface area contributed by atoms with Crippen molar-refractivity contribution in [2.75, 3.05) is 0 Å². The molecule has 72 valence electrons. The average molecular weight is 216 g/mol. The third-order valence-electron chi connectivity index (χ3n) is 2.30. The van der Waals surface area contributed by atoms with Gasteiger partial charge in [-0.2, -0.15) is 0 Å². The van der Waals surface area contributed by atoms with E-state index in [-0.39, 0.29) is 5.28 Å². The number of hydrogen-bond acceptors (Lipinski definition) is 3. The molecular weight excluding hydrogens is 210 g/mol. The normalized spacial score (nSPS) is 11.0. The molecule has 3 nitrogen and oxygen atoms in total. The molecule has 0 N–H and O–H groups in total. The first-order valence-electron chi connectivity index (χ1n) is 4.50. The summed E-state index contributed by atoms with van der Waals surface area (Å²) in [5.74, 6) is 0. The number of halogens is 1. The van der Waals surface area contributed by atoms with Gasteiger partial charge < -0.3 is 0 Å². The van der Waals surface area contributed by atoms with E-state index in [1.807, 2.05) is 24.3 Å². The van der Waals surface area contributed by atoms with Gasteiger partial charge >= 0.3 is 0 Å².